The number of pyridine rings is 2. The van der Waals surface area contributed by atoms with Gasteiger partial charge in [0, 0.05) is 54.3 Å². The zero-order valence-electron chi connectivity index (χ0n) is 19.0. The van der Waals surface area contributed by atoms with Crippen LogP contribution in [0.25, 0.3) is 21.8 Å². The number of nitrogens with one attached hydrogen (secondary N) is 1. The summed E-state index contributed by atoms with van der Waals surface area (Å²) in [7, 11) is 0. The molecule has 0 unspecified atom stereocenters. The van der Waals surface area contributed by atoms with Crippen molar-refractivity contribution >= 4 is 45.0 Å². The maximum absolute atomic E-state index is 13.2. The van der Waals surface area contributed by atoms with Crippen LogP contribution >= 0.6 is 11.6 Å². The lowest BCUT2D eigenvalue weighted by atomic mass is 10.0. The first-order valence-corrected chi connectivity index (χ1v) is 11.4. The van der Waals surface area contributed by atoms with Gasteiger partial charge in [-0.15, -0.1) is 0 Å². The highest BCUT2D eigenvalue weighted by Gasteiger charge is 2.16. The summed E-state index contributed by atoms with van der Waals surface area (Å²) in [5, 5.41) is 5.47. The fraction of sp³-hybridized carbons (Fsp3) is 0.148. The van der Waals surface area contributed by atoms with E-state index in [1.165, 1.54) is 0 Å². The maximum Gasteiger partial charge on any atom is 0.253 e. The summed E-state index contributed by atoms with van der Waals surface area (Å²) in [6.07, 6.45) is 7.02. The predicted molar refractivity (Wildman–Crippen MR) is 137 cm³/mol. The lowest BCUT2D eigenvalue weighted by molar-refractivity contribution is 0.0952. The third-order valence-electron chi connectivity index (χ3n) is 6.14. The monoisotopic (exact) mass is 469 g/mol. The molecular weight excluding hydrogens is 446 g/mol. The number of nitrogens with two attached hydrogens (primary N) is 1. The molecule has 0 spiro atoms. The Kier molecular flexibility index (Phi) is 5.67. The minimum atomic E-state index is -0.137. The fourth-order valence-electron chi connectivity index (χ4n) is 4.47. The number of anilines is 1. The first-order valence-electron chi connectivity index (χ1n) is 11.0. The van der Waals surface area contributed by atoms with Crippen LogP contribution in [0.5, 0.6) is 0 Å². The number of hydrogen-bond acceptors (Lipinski definition) is 4. The quantitative estimate of drug-likeness (QED) is 0.337. The molecule has 170 valence electrons. The molecule has 5 rings (SSSR count). The van der Waals surface area contributed by atoms with Crippen molar-refractivity contribution in [1.82, 2.24) is 19.9 Å². The zero-order valence-corrected chi connectivity index (χ0v) is 19.7. The Bertz CT molecular complexity index is 1530. The number of aromatic nitrogens is 3. The van der Waals surface area contributed by atoms with Crippen molar-refractivity contribution in [2.75, 3.05) is 5.73 Å². The Morgan fingerprint density at radius 1 is 1.09 bits per heavy atom. The summed E-state index contributed by atoms with van der Waals surface area (Å²) in [6.45, 7) is 5.05. The smallest absolute Gasteiger partial charge is 0.253 e. The second kappa shape index (κ2) is 8.80. The van der Waals surface area contributed by atoms with Crippen LogP contribution in [-0.2, 0) is 13.1 Å². The van der Waals surface area contributed by atoms with Gasteiger partial charge in [0.2, 0.25) is 0 Å². The number of nitrogen functional groups attached to an aromatic ring is 1. The molecule has 6 nitrogen and oxygen atoms in total. The van der Waals surface area contributed by atoms with Crippen LogP contribution in [0.4, 0.5) is 5.69 Å². The highest BCUT2D eigenvalue weighted by molar-refractivity contribution is 6.31. The van der Waals surface area contributed by atoms with Crippen LogP contribution in [0.3, 0.4) is 0 Å². The largest absolute Gasteiger partial charge is 0.399 e. The van der Waals surface area contributed by atoms with Crippen molar-refractivity contribution < 1.29 is 4.79 Å². The molecular formula is C27H24ClN5O. The molecule has 5 aromatic rings. The second-order valence-corrected chi connectivity index (χ2v) is 9.00. The maximum atomic E-state index is 13.2. The summed E-state index contributed by atoms with van der Waals surface area (Å²) in [5.74, 6) is -0.137. The predicted octanol–water partition coefficient (Wildman–Crippen LogP) is 5.42. The van der Waals surface area contributed by atoms with E-state index in [9.17, 15) is 4.79 Å². The lowest BCUT2D eigenvalue weighted by Gasteiger charge is -2.12. The SMILES string of the molecule is Cc1cc(N)cc(C)c1CNC(=O)c1cn(Cc2ccc3ncc(Cl)cc3c2)c2ccncc12. The van der Waals surface area contributed by atoms with Crippen LogP contribution < -0.4 is 11.1 Å². The van der Waals surface area contributed by atoms with Crippen molar-refractivity contribution in [3.05, 3.63) is 100 Å². The molecule has 0 fully saturated rings. The Balaban J connectivity index is 1.44. The fourth-order valence-corrected chi connectivity index (χ4v) is 4.64. The minimum Gasteiger partial charge on any atom is -0.399 e. The topological polar surface area (TPSA) is 85.8 Å². The van der Waals surface area contributed by atoms with E-state index in [1.807, 2.05) is 56.4 Å². The molecule has 0 radical (unpaired) electrons. The molecule has 0 bridgehead atoms. The average molecular weight is 470 g/mol. The number of benzene rings is 2. The minimum absolute atomic E-state index is 0.137. The molecule has 3 aromatic heterocycles. The van der Waals surface area contributed by atoms with E-state index in [0.717, 1.165) is 49.7 Å². The van der Waals surface area contributed by atoms with Crippen LogP contribution in [0, 0.1) is 13.8 Å². The normalized spacial score (nSPS) is 11.3. The number of fused-ring (bicyclic) bond motifs is 2. The average Bonchev–Trinajstić information content (AvgIpc) is 3.16. The molecule has 1 amide bonds. The molecule has 0 aliphatic carbocycles. The molecule has 2 aromatic carbocycles. The van der Waals surface area contributed by atoms with Gasteiger partial charge < -0.3 is 15.6 Å². The molecule has 0 atom stereocenters. The van der Waals surface area contributed by atoms with Gasteiger partial charge in [0.15, 0.2) is 0 Å². The van der Waals surface area contributed by atoms with Gasteiger partial charge in [0.05, 0.1) is 21.6 Å². The number of amides is 1. The molecule has 0 saturated carbocycles. The summed E-state index contributed by atoms with van der Waals surface area (Å²) in [4.78, 5) is 21.8. The van der Waals surface area contributed by atoms with E-state index >= 15 is 0 Å². The first-order chi connectivity index (χ1) is 16.4. The zero-order chi connectivity index (χ0) is 23.8. The molecule has 3 N–H and O–H groups in total. The summed E-state index contributed by atoms with van der Waals surface area (Å²) >= 11 is 6.12. The summed E-state index contributed by atoms with van der Waals surface area (Å²) in [5.41, 5.74) is 13.4. The van der Waals surface area contributed by atoms with Gasteiger partial charge in [-0.2, -0.15) is 0 Å². The van der Waals surface area contributed by atoms with Crippen molar-refractivity contribution in [2.45, 2.75) is 26.9 Å². The highest BCUT2D eigenvalue weighted by atomic mass is 35.5. The van der Waals surface area contributed by atoms with Gasteiger partial charge in [-0.25, -0.2) is 0 Å². The standard InChI is InChI=1S/C27H24ClN5O/c1-16-7-21(29)8-17(2)22(16)13-32-27(34)24-15-33(26-5-6-30-12-23(24)26)14-18-3-4-25-19(9-18)10-20(28)11-31-25/h3-12,15H,13-14,29H2,1-2H3,(H,32,34). The van der Waals surface area contributed by atoms with Crippen molar-refractivity contribution in [3.63, 3.8) is 0 Å². The van der Waals surface area contributed by atoms with E-state index in [0.29, 0.717) is 23.7 Å². The van der Waals surface area contributed by atoms with Crippen molar-refractivity contribution in [2.24, 2.45) is 0 Å². The van der Waals surface area contributed by atoms with Crippen molar-refractivity contribution in [3.8, 4) is 0 Å². The number of nitrogens with zero attached hydrogens (tertiary/aromatic N) is 3. The lowest BCUT2D eigenvalue weighted by Crippen LogP contribution is -2.23. The molecule has 34 heavy (non-hydrogen) atoms. The molecule has 0 aliphatic rings. The Morgan fingerprint density at radius 2 is 1.88 bits per heavy atom. The van der Waals surface area contributed by atoms with E-state index in [1.54, 1.807) is 18.6 Å². The van der Waals surface area contributed by atoms with Crippen LogP contribution in [0.15, 0.2) is 67.3 Å². The van der Waals surface area contributed by atoms with Gasteiger partial charge in [-0.05, 0) is 72.5 Å². The van der Waals surface area contributed by atoms with Gasteiger partial charge in [-0.1, -0.05) is 17.7 Å². The molecule has 0 aliphatic heterocycles. The first kappa shape index (κ1) is 21.9. The second-order valence-electron chi connectivity index (χ2n) is 8.56. The third-order valence-corrected chi connectivity index (χ3v) is 6.34. The van der Waals surface area contributed by atoms with Crippen LogP contribution in [-0.4, -0.2) is 20.4 Å². The van der Waals surface area contributed by atoms with E-state index < -0.39 is 0 Å². The van der Waals surface area contributed by atoms with Gasteiger partial charge in [0.1, 0.15) is 0 Å². The van der Waals surface area contributed by atoms with Crippen molar-refractivity contribution in [1.29, 1.82) is 0 Å². The van der Waals surface area contributed by atoms with E-state index in [2.05, 4.69) is 25.9 Å². The van der Waals surface area contributed by atoms with E-state index in [4.69, 9.17) is 17.3 Å². The van der Waals surface area contributed by atoms with Gasteiger partial charge in [0.25, 0.3) is 5.91 Å². The number of halogens is 1. The van der Waals surface area contributed by atoms with Crippen LogP contribution in [0.2, 0.25) is 5.02 Å². The number of aryl methyl sites for hydroxylation is 2. The summed E-state index contributed by atoms with van der Waals surface area (Å²) < 4.78 is 2.07. The molecule has 7 heteroatoms. The molecule has 0 saturated heterocycles. The Morgan fingerprint density at radius 3 is 2.68 bits per heavy atom. The number of carbonyl (C=O) groups excluding carboxylic acids is 1. The molecule has 3 heterocycles. The number of rotatable bonds is 5. The van der Waals surface area contributed by atoms with Gasteiger partial charge in [-0.3, -0.25) is 14.8 Å². The Hall–Kier alpha value is -3.90. The number of carbonyl (C=O) groups is 1. The highest BCUT2D eigenvalue weighted by Crippen LogP contribution is 2.24. The van der Waals surface area contributed by atoms with E-state index in [-0.39, 0.29) is 5.91 Å². The van der Waals surface area contributed by atoms with Crippen LogP contribution in [0.1, 0.15) is 32.6 Å². The Labute approximate surface area is 202 Å². The summed E-state index contributed by atoms with van der Waals surface area (Å²) in [6, 6.07) is 13.8. The third kappa shape index (κ3) is 4.20. The number of hydrogen-bond donors (Lipinski definition) is 2. The van der Waals surface area contributed by atoms with Gasteiger partial charge >= 0.3 is 0 Å².